The van der Waals surface area contributed by atoms with Crippen molar-refractivity contribution < 1.29 is 5.11 Å². The van der Waals surface area contributed by atoms with Gasteiger partial charge in [-0.2, -0.15) is 0 Å². The minimum atomic E-state index is -0.823. The number of nitrogens with zero attached hydrogens (tertiary/aromatic N) is 1. The predicted molar refractivity (Wildman–Crippen MR) is 103 cm³/mol. The molecule has 1 unspecified atom stereocenters. The Labute approximate surface area is 150 Å². The minimum Gasteiger partial charge on any atom is -0.383 e. The van der Waals surface area contributed by atoms with Crippen molar-refractivity contribution in [1.29, 1.82) is 0 Å². The summed E-state index contributed by atoms with van der Waals surface area (Å²) in [5, 5.41) is 17.6. The zero-order chi connectivity index (χ0) is 17.7. The molecule has 2 aromatic carbocycles. The Morgan fingerprint density at radius 3 is 2.64 bits per heavy atom. The van der Waals surface area contributed by atoms with Crippen LogP contribution in [0, 0.1) is 6.92 Å². The van der Waals surface area contributed by atoms with Crippen LogP contribution in [0.5, 0.6) is 0 Å². The highest BCUT2D eigenvalue weighted by molar-refractivity contribution is 5.79. The van der Waals surface area contributed by atoms with Gasteiger partial charge in [0, 0.05) is 6.54 Å². The summed E-state index contributed by atoms with van der Waals surface area (Å²) in [6, 6.07) is 16.6. The molecule has 0 aromatic heterocycles. The van der Waals surface area contributed by atoms with Crippen LogP contribution in [-0.4, -0.2) is 24.2 Å². The van der Waals surface area contributed by atoms with E-state index in [-0.39, 0.29) is 0 Å². The summed E-state index contributed by atoms with van der Waals surface area (Å²) < 4.78 is 0. The zero-order valence-corrected chi connectivity index (χ0v) is 15.0. The number of benzene rings is 2. The van der Waals surface area contributed by atoms with Crippen molar-refractivity contribution in [2.75, 3.05) is 13.1 Å². The van der Waals surface area contributed by atoms with Gasteiger partial charge in [-0.1, -0.05) is 54.1 Å². The van der Waals surface area contributed by atoms with Gasteiger partial charge in [-0.25, -0.2) is 4.99 Å². The van der Waals surface area contributed by atoms with Crippen LogP contribution in [0.2, 0.25) is 0 Å². The van der Waals surface area contributed by atoms with Crippen LogP contribution in [0.4, 0.5) is 0 Å². The van der Waals surface area contributed by atoms with E-state index in [9.17, 15) is 5.11 Å². The van der Waals surface area contributed by atoms with Crippen molar-refractivity contribution >= 4 is 5.96 Å². The van der Waals surface area contributed by atoms with Crippen LogP contribution in [0.15, 0.2) is 53.5 Å². The molecule has 25 heavy (non-hydrogen) atoms. The predicted octanol–water partition coefficient (Wildman–Crippen LogP) is 2.88. The highest BCUT2D eigenvalue weighted by Crippen LogP contribution is 2.36. The maximum atomic E-state index is 11.0. The van der Waals surface area contributed by atoms with E-state index in [2.05, 4.69) is 52.9 Å². The third-order valence-corrected chi connectivity index (χ3v) is 4.76. The molecule has 0 radical (unpaired) electrons. The second kappa shape index (κ2) is 7.70. The van der Waals surface area contributed by atoms with Crippen LogP contribution in [0.3, 0.4) is 0 Å². The number of aliphatic imine (C=N–C) groups is 1. The maximum Gasteiger partial charge on any atom is 0.191 e. The fourth-order valence-electron chi connectivity index (χ4n) is 3.29. The van der Waals surface area contributed by atoms with Gasteiger partial charge in [0.15, 0.2) is 5.96 Å². The molecule has 0 aliphatic heterocycles. The molecule has 1 atom stereocenters. The third-order valence-electron chi connectivity index (χ3n) is 4.76. The van der Waals surface area contributed by atoms with Gasteiger partial charge in [0.25, 0.3) is 0 Å². The van der Waals surface area contributed by atoms with E-state index in [4.69, 9.17) is 0 Å². The van der Waals surface area contributed by atoms with Crippen molar-refractivity contribution in [3.63, 3.8) is 0 Å². The number of guanidine groups is 1. The quantitative estimate of drug-likeness (QED) is 0.581. The summed E-state index contributed by atoms with van der Waals surface area (Å²) in [5.41, 5.74) is 3.88. The van der Waals surface area contributed by atoms with Crippen molar-refractivity contribution in [2.45, 2.75) is 38.8 Å². The molecule has 3 rings (SSSR count). The number of nitrogens with one attached hydrogen (secondary N) is 2. The number of aliphatic hydroxyl groups is 1. The summed E-state index contributed by atoms with van der Waals surface area (Å²) in [7, 11) is 0. The Kier molecular flexibility index (Phi) is 5.39. The first kappa shape index (κ1) is 17.5. The molecule has 0 saturated carbocycles. The molecule has 0 heterocycles. The molecule has 132 valence electrons. The molecule has 0 spiro atoms. The lowest BCUT2D eigenvalue weighted by molar-refractivity contribution is 0.0432. The fourth-order valence-corrected chi connectivity index (χ4v) is 3.29. The topological polar surface area (TPSA) is 56.7 Å². The Morgan fingerprint density at radius 2 is 1.88 bits per heavy atom. The molecular weight excluding hydrogens is 310 g/mol. The molecule has 3 N–H and O–H groups in total. The lowest BCUT2D eigenvalue weighted by atomic mass is 9.96. The summed E-state index contributed by atoms with van der Waals surface area (Å²) in [6.07, 6.45) is 1.67. The first-order valence-electron chi connectivity index (χ1n) is 8.99. The highest BCUT2D eigenvalue weighted by atomic mass is 16.3. The van der Waals surface area contributed by atoms with E-state index in [0.29, 0.717) is 13.1 Å². The van der Waals surface area contributed by atoms with Gasteiger partial charge in [0.1, 0.15) is 5.60 Å². The van der Waals surface area contributed by atoms with Gasteiger partial charge in [-0.3, -0.25) is 0 Å². The summed E-state index contributed by atoms with van der Waals surface area (Å²) in [6.45, 7) is 5.99. The summed E-state index contributed by atoms with van der Waals surface area (Å²) >= 11 is 0. The van der Waals surface area contributed by atoms with Crippen molar-refractivity contribution in [3.8, 4) is 0 Å². The molecule has 4 heteroatoms. The Bertz CT molecular complexity index is 739. The Morgan fingerprint density at radius 1 is 1.12 bits per heavy atom. The third kappa shape index (κ3) is 4.20. The first-order chi connectivity index (χ1) is 12.1. The fraction of sp³-hybridized carbons (Fsp3) is 0.381. The van der Waals surface area contributed by atoms with E-state index in [1.807, 2.05) is 25.1 Å². The normalized spacial score (nSPS) is 19.6. The van der Waals surface area contributed by atoms with Crippen LogP contribution in [0.1, 0.15) is 35.6 Å². The SMILES string of the molecule is CCNC(=NCc1ccc(C)cc1)NCC1(O)CCc2ccccc21. The van der Waals surface area contributed by atoms with Gasteiger partial charge in [0.2, 0.25) is 0 Å². The van der Waals surface area contributed by atoms with Gasteiger partial charge in [0.05, 0.1) is 13.1 Å². The molecule has 0 fully saturated rings. The molecule has 0 amide bonds. The molecule has 2 aromatic rings. The van der Waals surface area contributed by atoms with Crippen LogP contribution < -0.4 is 10.6 Å². The first-order valence-corrected chi connectivity index (χ1v) is 8.99. The second-order valence-corrected chi connectivity index (χ2v) is 6.72. The number of hydrogen-bond acceptors (Lipinski definition) is 2. The highest BCUT2D eigenvalue weighted by Gasteiger charge is 2.36. The molecular formula is C21H27N3O. The van der Waals surface area contributed by atoms with E-state index < -0.39 is 5.60 Å². The van der Waals surface area contributed by atoms with Crippen LogP contribution in [-0.2, 0) is 18.6 Å². The second-order valence-electron chi connectivity index (χ2n) is 6.72. The molecule has 0 saturated heterocycles. The van der Waals surface area contributed by atoms with E-state index in [1.165, 1.54) is 16.7 Å². The maximum absolute atomic E-state index is 11.0. The standard InChI is InChI=1S/C21H27N3O/c1-3-22-20(23-14-17-10-8-16(2)9-11-17)24-15-21(25)13-12-18-6-4-5-7-19(18)21/h4-11,25H,3,12-15H2,1-2H3,(H2,22,23,24). The number of rotatable bonds is 5. The van der Waals surface area contributed by atoms with Crippen LogP contribution in [0.25, 0.3) is 0 Å². The van der Waals surface area contributed by atoms with Crippen molar-refractivity contribution in [3.05, 3.63) is 70.8 Å². The minimum absolute atomic E-state index is 0.462. The molecule has 1 aliphatic carbocycles. The van der Waals surface area contributed by atoms with Gasteiger partial charge in [-0.05, 0) is 43.4 Å². The lowest BCUT2D eigenvalue weighted by Gasteiger charge is -2.25. The number of fused-ring (bicyclic) bond motifs is 1. The molecule has 0 bridgehead atoms. The monoisotopic (exact) mass is 337 g/mol. The summed E-state index contributed by atoms with van der Waals surface area (Å²) in [5.74, 6) is 0.737. The average molecular weight is 337 g/mol. The average Bonchev–Trinajstić information content (AvgIpc) is 2.97. The number of hydrogen-bond donors (Lipinski definition) is 3. The Hall–Kier alpha value is -2.33. The van der Waals surface area contributed by atoms with Gasteiger partial charge >= 0.3 is 0 Å². The number of aryl methyl sites for hydroxylation is 2. The lowest BCUT2D eigenvalue weighted by Crippen LogP contribution is -2.45. The van der Waals surface area contributed by atoms with E-state index in [1.54, 1.807) is 0 Å². The van der Waals surface area contributed by atoms with Crippen molar-refractivity contribution in [1.82, 2.24) is 10.6 Å². The zero-order valence-electron chi connectivity index (χ0n) is 15.0. The largest absolute Gasteiger partial charge is 0.383 e. The Balaban J connectivity index is 1.66. The van der Waals surface area contributed by atoms with Gasteiger partial charge < -0.3 is 15.7 Å². The smallest absolute Gasteiger partial charge is 0.191 e. The summed E-state index contributed by atoms with van der Waals surface area (Å²) in [4.78, 5) is 4.64. The van der Waals surface area contributed by atoms with Gasteiger partial charge in [-0.15, -0.1) is 0 Å². The molecule has 1 aliphatic rings. The van der Waals surface area contributed by atoms with Crippen LogP contribution >= 0.6 is 0 Å². The van der Waals surface area contributed by atoms with E-state index >= 15 is 0 Å². The van der Waals surface area contributed by atoms with E-state index in [0.717, 1.165) is 30.9 Å². The van der Waals surface area contributed by atoms with Crippen molar-refractivity contribution in [2.24, 2.45) is 4.99 Å². The molecule has 4 nitrogen and oxygen atoms in total.